The molecule has 3 amide bonds. The van der Waals surface area contributed by atoms with Crippen LogP contribution in [0.15, 0.2) is 66.9 Å². The molecule has 3 aromatic rings. The number of pyridine rings is 1. The summed E-state index contributed by atoms with van der Waals surface area (Å²) in [6.45, 7) is 4.29. The van der Waals surface area contributed by atoms with Crippen molar-refractivity contribution in [2.75, 3.05) is 22.5 Å². The molecule has 4 N–H and O–H groups in total. The molecule has 0 aliphatic rings. The van der Waals surface area contributed by atoms with Crippen LogP contribution in [-0.4, -0.2) is 23.5 Å². The van der Waals surface area contributed by atoms with Gasteiger partial charge >= 0.3 is 6.03 Å². The lowest BCUT2D eigenvalue weighted by molar-refractivity contribution is 0.102. The lowest BCUT2D eigenvalue weighted by atomic mass is 10.1. The predicted octanol–water partition coefficient (Wildman–Crippen LogP) is 4.53. The molecule has 7 nitrogen and oxygen atoms in total. The summed E-state index contributed by atoms with van der Waals surface area (Å²) in [7, 11) is 0. The maximum atomic E-state index is 12.9. The van der Waals surface area contributed by atoms with Crippen molar-refractivity contribution in [2.24, 2.45) is 0 Å². The summed E-state index contributed by atoms with van der Waals surface area (Å²) in [5.41, 5.74) is 3.45. The van der Waals surface area contributed by atoms with Crippen LogP contribution in [0, 0.1) is 6.92 Å². The number of nitrogens with zero attached hydrogens (tertiary/aromatic N) is 1. The third kappa shape index (κ3) is 5.55. The van der Waals surface area contributed by atoms with E-state index in [1.54, 1.807) is 6.07 Å². The molecular formula is C22H23N5O2. The summed E-state index contributed by atoms with van der Waals surface area (Å²) < 4.78 is 0. The fraction of sp³-hybridized carbons (Fsp3) is 0.136. The largest absolute Gasteiger partial charge is 0.355 e. The second-order valence-electron chi connectivity index (χ2n) is 6.41. The van der Waals surface area contributed by atoms with E-state index in [0.717, 1.165) is 11.3 Å². The molecule has 0 unspecified atom stereocenters. The molecule has 1 heterocycles. The van der Waals surface area contributed by atoms with E-state index < -0.39 is 0 Å². The van der Waals surface area contributed by atoms with E-state index in [1.807, 2.05) is 68.4 Å². The summed E-state index contributed by atoms with van der Waals surface area (Å²) in [5.74, 6) is 0.0348. The number of rotatable bonds is 6. The average molecular weight is 389 g/mol. The third-order valence-corrected chi connectivity index (χ3v) is 4.06. The lowest BCUT2D eigenvalue weighted by Gasteiger charge is -2.14. The highest BCUT2D eigenvalue weighted by molar-refractivity contribution is 6.08. The Kier molecular flexibility index (Phi) is 6.42. The van der Waals surface area contributed by atoms with E-state index in [2.05, 4.69) is 26.3 Å². The zero-order valence-corrected chi connectivity index (χ0v) is 16.3. The minimum absolute atomic E-state index is 0.300. The van der Waals surface area contributed by atoms with Crippen LogP contribution in [0.25, 0.3) is 0 Å². The van der Waals surface area contributed by atoms with Crippen molar-refractivity contribution in [1.29, 1.82) is 0 Å². The molecule has 0 bridgehead atoms. The van der Waals surface area contributed by atoms with Gasteiger partial charge in [0.1, 0.15) is 5.82 Å². The van der Waals surface area contributed by atoms with Crippen molar-refractivity contribution in [1.82, 2.24) is 10.3 Å². The van der Waals surface area contributed by atoms with Gasteiger partial charge in [0.2, 0.25) is 0 Å². The molecule has 1 aromatic heterocycles. The van der Waals surface area contributed by atoms with Crippen LogP contribution in [0.2, 0.25) is 0 Å². The van der Waals surface area contributed by atoms with Gasteiger partial charge in [0, 0.05) is 30.2 Å². The van der Waals surface area contributed by atoms with Crippen molar-refractivity contribution in [3.05, 3.63) is 78.0 Å². The predicted molar refractivity (Wildman–Crippen MR) is 116 cm³/mol. The van der Waals surface area contributed by atoms with Crippen LogP contribution < -0.4 is 21.3 Å². The third-order valence-electron chi connectivity index (χ3n) is 4.06. The number of aryl methyl sites for hydroxylation is 1. The Morgan fingerprint density at radius 1 is 0.931 bits per heavy atom. The van der Waals surface area contributed by atoms with Gasteiger partial charge in [-0.25, -0.2) is 9.78 Å². The number of urea groups is 1. The maximum absolute atomic E-state index is 12.9. The molecule has 2 aromatic carbocycles. The molecule has 0 radical (unpaired) electrons. The van der Waals surface area contributed by atoms with Crippen LogP contribution >= 0.6 is 0 Å². The molecular weight excluding hydrogens is 366 g/mol. The second kappa shape index (κ2) is 9.36. The summed E-state index contributed by atoms with van der Waals surface area (Å²) in [4.78, 5) is 28.9. The number of aromatic nitrogens is 1. The molecule has 148 valence electrons. The summed E-state index contributed by atoms with van der Waals surface area (Å²) >= 11 is 0. The Balaban J connectivity index is 1.89. The highest BCUT2D eigenvalue weighted by Gasteiger charge is 2.15. The molecule has 3 rings (SSSR count). The summed E-state index contributed by atoms with van der Waals surface area (Å²) in [5, 5.41) is 11.4. The number of nitrogens with one attached hydrogen (secondary N) is 4. The summed E-state index contributed by atoms with van der Waals surface area (Å²) in [6.07, 6.45) is 1.44. The number of benzene rings is 2. The van der Waals surface area contributed by atoms with E-state index in [9.17, 15) is 9.59 Å². The molecule has 0 atom stereocenters. The quantitative estimate of drug-likeness (QED) is 0.498. The van der Waals surface area contributed by atoms with Crippen LogP contribution in [0.4, 0.5) is 27.7 Å². The SMILES string of the molecule is CCNC(=O)Nc1cc(Nc2ccccc2)c(C(=O)Nc2cccc(C)c2)cn1. The molecule has 0 saturated heterocycles. The fourth-order valence-corrected chi connectivity index (χ4v) is 2.73. The number of amides is 3. The first-order chi connectivity index (χ1) is 14.0. The van der Waals surface area contributed by atoms with Crippen molar-refractivity contribution >= 4 is 34.8 Å². The van der Waals surface area contributed by atoms with Crippen LogP contribution in [0.1, 0.15) is 22.8 Å². The van der Waals surface area contributed by atoms with Gasteiger partial charge in [0.25, 0.3) is 5.91 Å². The van der Waals surface area contributed by atoms with E-state index >= 15 is 0 Å². The van der Waals surface area contributed by atoms with E-state index in [0.29, 0.717) is 29.3 Å². The Hall–Kier alpha value is -3.87. The summed E-state index contributed by atoms with van der Waals surface area (Å²) in [6, 6.07) is 18.3. The van der Waals surface area contributed by atoms with E-state index in [1.165, 1.54) is 6.20 Å². The van der Waals surface area contributed by atoms with Crippen LogP contribution in [0.5, 0.6) is 0 Å². The second-order valence-corrected chi connectivity index (χ2v) is 6.41. The van der Waals surface area contributed by atoms with Gasteiger partial charge in [-0.2, -0.15) is 0 Å². The van der Waals surface area contributed by atoms with E-state index in [-0.39, 0.29) is 11.9 Å². The highest BCUT2D eigenvalue weighted by atomic mass is 16.2. The van der Waals surface area contributed by atoms with Crippen molar-refractivity contribution in [2.45, 2.75) is 13.8 Å². The Morgan fingerprint density at radius 2 is 1.69 bits per heavy atom. The highest BCUT2D eigenvalue weighted by Crippen LogP contribution is 2.24. The number of carbonyl (C=O) groups is 2. The van der Waals surface area contributed by atoms with E-state index in [4.69, 9.17) is 0 Å². The number of para-hydroxylation sites is 1. The van der Waals surface area contributed by atoms with Crippen molar-refractivity contribution in [3.63, 3.8) is 0 Å². The van der Waals surface area contributed by atoms with Crippen LogP contribution in [0.3, 0.4) is 0 Å². The zero-order chi connectivity index (χ0) is 20.6. The molecule has 29 heavy (non-hydrogen) atoms. The minimum atomic E-state index is -0.359. The van der Waals surface area contributed by atoms with Crippen molar-refractivity contribution in [3.8, 4) is 0 Å². The monoisotopic (exact) mass is 389 g/mol. The van der Waals surface area contributed by atoms with Gasteiger partial charge in [-0.05, 0) is 43.7 Å². The first-order valence-electron chi connectivity index (χ1n) is 9.30. The number of carbonyl (C=O) groups excluding carboxylic acids is 2. The van der Waals surface area contributed by atoms with Gasteiger partial charge in [-0.1, -0.05) is 30.3 Å². The average Bonchev–Trinajstić information content (AvgIpc) is 2.69. The standard InChI is InChI=1S/C22H23N5O2/c1-3-23-22(29)27-20-13-19(25-16-9-5-4-6-10-16)18(14-24-20)21(28)26-17-11-7-8-15(2)12-17/h4-14H,3H2,1-2H3,(H,26,28)(H3,23,24,25,27,29). The van der Waals surface area contributed by atoms with Gasteiger partial charge in [0.15, 0.2) is 0 Å². The Labute approximate surface area is 169 Å². The fourth-order valence-electron chi connectivity index (χ4n) is 2.73. The first kappa shape index (κ1) is 19.9. The first-order valence-corrected chi connectivity index (χ1v) is 9.30. The smallest absolute Gasteiger partial charge is 0.320 e. The molecule has 0 saturated carbocycles. The maximum Gasteiger partial charge on any atom is 0.320 e. The number of anilines is 4. The Morgan fingerprint density at radius 3 is 2.41 bits per heavy atom. The molecule has 0 spiro atoms. The normalized spacial score (nSPS) is 10.1. The minimum Gasteiger partial charge on any atom is -0.355 e. The van der Waals surface area contributed by atoms with Crippen LogP contribution in [-0.2, 0) is 0 Å². The Bertz CT molecular complexity index is 1010. The lowest BCUT2D eigenvalue weighted by Crippen LogP contribution is -2.28. The van der Waals surface area contributed by atoms with Gasteiger partial charge in [-0.15, -0.1) is 0 Å². The number of hydrogen-bond acceptors (Lipinski definition) is 4. The van der Waals surface area contributed by atoms with Gasteiger partial charge in [-0.3, -0.25) is 10.1 Å². The van der Waals surface area contributed by atoms with Gasteiger partial charge in [0.05, 0.1) is 11.3 Å². The number of hydrogen-bond donors (Lipinski definition) is 4. The van der Waals surface area contributed by atoms with Gasteiger partial charge < -0.3 is 16.0 Å². The molecule has 0 aliphatic heterocycles. The van der Waals surface area contributed by atoms with Crippen molar-refractivity contribution < 1.29 is 9.59 Å². The molecule has 7 heteroatoms. The molecule has 0 fully saturated rings. The molecule has 0 aliphatic carbocycles. The topological polar surface area (TPSA) is 95.2 Å². The zero-order valence-electron chi connectivity index (χ0n) is 16.3.